The molecule has 1 heterocycles. The lowest BCUT2D eigenvalue weighted by Crippen LogP contribution is -2.34. The maximum Gasteiger partial charge on any atom is 0.247 e. The summed E-state index contributed by atoms with van der Waals surface area (Å²) in [6, 6.07) is 1.53. The fourth-order valence-corrected chi connectivity index (χ4v) is 4.81. The summed E-state index contributed by atoms with van der Waals surface area (Å²) in [6.45, 7) is 1.46. The molecule has 2 saturated carbocycles. The van der Waals surface area contributed by atoms with Gasteiger partial charge in [-0.2, -0.15) is 4.31 Å². The van der Waals surface area contributed by atoms with Crippen LogP contribution in [0.25, 0.3) is 0 Å². The van der Waals surface area contributed by atoms with E-state index < -0.39 is 10.0 Å². The minimum Gasteiger partial charge on any atom is -0.452 e. The van der Waals surface area contributed by atoms with Crippen LogP contribution in [-0.4, -0.2) is 25.8 Å². The summed E-state index contributed by atoms with van der Waals surface area (Å²) in [4.78, 5) is 0.208. The Hall–Kier alpha value is -0.370. The Balaban J connectivity index is 1.86. The first kappa shape index (κ1) is 14.6. The second-order valence-electron chi connectivity index (χ2n) is 5.76. The molecule has 0 aromatic carbocycles. The monoisotopic (exact) mass is 362 g/mol. The van der Waals surface area contributed by atoms with E-state index in [2.05, 4.69) is 15.9 Å². The van der Waals surface area contributed by atoms with Crippen molar-refractivity contribution in [3.05, 3.63) is 16.5 Å². The quantitative estimate of drug-likeness (QED) is 0.807. The van der Waals surface area contributed by atoms with E-state index in [-0.39, 0.29) is 16.1 Å². The van der Waals surface area contributed by atoms with Gasteiger partial charge in [-0.25, -0.2) is 8.42 Å². The fraction of sp³-hybridized carbons (Fsp3) is 0.692. The van der Waals surface area contributed by atoms with E-state index in [4.69, 9.17) is 10.2 Å². The van der Waals surface area contributed by atoms with E-state index in [9.17, 15) is 8.42 Å². The van der Waals surface area contributed by atoms with Crippen LogP contribution < -0.4 is 5.73 Å². The second kappa shape index (κ2) is 5.44. The van der Waals surface area contributed by atoms with Gasteiger partial charge in [-0.1, -0.05) is 0 Å². The maximum atomic E-state index is 12.8. The third-order valence-electron chi connectivity index (χ3n) is 3.84. The smallest absolute Gasteiger partial charge is 0.247 e. The first-order valence-electron chi connectivity index (χ1n) is 6.99. The Bertz CT molecular complexity index is 577. The lowest BCUT2D eigenvalue weighted by molar-refractivity contribution is 0.380. The summed E-state index contributed by atoms with van der Waals surface area (Å²) in [5.74, 6) is 1.54. The van der Waals surface area contributed by atoms with Crippen molar-refractivity contribution in [1.29, 1.82) is 0 Å². The van der Waals surface area contributed by atoms with Gasteiger partial charge in [-0.3, -0.25) is 0 Å². The SMILES string of the molecule is NCc1cc(S(=O)(=O)N(CC2CC2)CC2CC2)c(Br)o1. The Kier molecular flexibility index (Phi) is 3.96. The molecule has 1 aromatic heterocycles. The van der Waals surface area contributed by atoms with Crippen molar-refractivity contribution in [1.82, 2.24) is 4.31 Å². The average Bonchev–Trinajstić information content (AvgIpc) is 3.30. The van der Waals surface area contributed by atoms with Crippen molar-refractivity contribution >= 4 is 26.0 Å². The minimum absolute atomic E-state index is 0.194. The summed E-state index contributed by atoms with van der Waals surface area (Å²) in [7, 11) is -3.49. The Morgan fingerprint density at radius 3 is 2.20 bits per heavy atom. The third-order valence-corrected chi connectivity index (χ3v) is 6.53. The topological polar surface area (TPSA) is 76.5 Å². The molecule has 0 bridgehead atoms. The van der Waals surface area contributed by atoms with Gasteiger partial charge in [0.05, 0.1) is 6.54 Å². The number of nitrogens with two attached hydrogens (primary N) is 1. The molecule has 0 radical (unpaired) electrons. The van der Waals surface area contributed by atoms with Gasteiger partial charge in [0.2, 0.25) is 10.0 Å². The molecule has 0 aliphatic heterocycles. The Labute approximate surface area is 127 Å². The third kappa shape index (κ3) is 3.10. The first-order chi connectivity index (χ1) is 9.50. The largest absolute Gasteiger partial charge is 0.452 e. The highest BCUT2D eigenvalue weighted by Crippen LogP contribution is 2.37. The summed E-state index contributed by atoms with van der Waals surface area (Å²) >= 11 is 3.20. The molecule has 20 heavy (non-hydrogen) atoms. The van der Waals surface area contributed by atoms with Crippen LogP contribution in [0.15, 0.2) is 20.0 Å². The van der Waals surface area contributed by atoms with Crippen molar-refractivity contribution in [2.45, 2.75) is 37.1 Å². The van der Waals surface area contributed by atoms with Crippen molar-refractivity contribution in [3.63, 3.8) is 0 Å². The zero-order valence-corrected chi connectivity index (χ0v) is 13.6. The molecule has 0 saturated heterocycles. The molecular weight excluding hydrogens is 344 g/mol. The molecule has 2 N–H and O–H groups in total. The number of hydrogen-bond acceptors (Lipinski definition) is 4. The number of nitrogens with zero attached hydrogens (tertiary/aromatic N) is 1. The van der Waals surface area contributed by atoms with Gasteiger partial charge in [0.1, 0.15) is 10.7 Å². The van der Waals surface area contributed by atoms with Crippen molar-refractivity contribution in [2.24, 2.45) is 17.6 Å². The van der Waals surface area contributed by atoms with Gasteiger partial charge in [-0.05, 0) is 53.4 Å². The fourth-order valence-electron chi connectivity index (χ4n) is 2.26. The molecule has 2 aliphatic carbocycles. The predicted octanol–water partition coefficient (Wildman–Crippen LogP) is 2.31. The molecule has 1 aromatic rings. The minimum atomic E-state index is -3.49. The zero-order chi connectivity index (χ0) is 14.3. The van der Waals surface area contributed by atoms with Crippen LogP contribution >= 0.6 is 15.9 Å². The lowest BCUT2D eigenvalue weighted by atomic mass is 10.4. The highest BCUT2D eigenvalue weighted by Gasteiger charge is 2.37. The molecule has 0 spiro atoms. The van der Waals surface area contributed by atoms with Gasteiger partial charge in [0.15, 0.2) is 4.67 Å². The lowest BCUT2D eigenvalue weighted by Gasteiger charge is -2.21. The molecule has 5 nitrogen and oxygen atoms in total. The van der Waals surface area contributed by atoms with Gasteiger partial charge in [0, 0.05) is 19.2 Å². The molecule has 7 heteroatoms. The predicted molar refractivity (Wildman–Crippen MR) is 78.5 cm³/mol. The average molecular weight is 363 g/mol. The van der Waals surface area contributed by atoms with E-state index in [1.165, 1.54) is 6.07 Å². The van der Waals surface area contributed by atoms with Crippen molar-refractivity contribution in [2.75, 3.05) is 13.1 Å². The normalized spacial score (nSPS) is 19.8. The zero-order valence-electron chi connectivity index (χ0n) is 11.2. The van der Waals surface area contributed by atoms with Crippen LogP contribution in [0.3, 0.4) is 0 Å². The molecule has 0 atom stereocenters. The molecule has 2 fully saturated rings. The van der Waals surface area contributed by atoms with E-state index in [1.807, 2.05) is 0 Å². The molecule has 0 unspecified atom stereocenters. The Morgan fingerprint density at radius 2 is 1.80 bits per heavy atom. The summed E-state index contributed by atoms with van der Waals surface area (Å²) in [6.07, 6.45) is 4.54. The Morgan fingerprint density at radius 1 is 1.25 bits per heavy atom. The van der Waals surface area contributed by atoms with Crippen LogP contribution in [-0.2, 0) is 16.6 Å². The number of rotatable bonds is 7. The van der Waals surface area contributed by atoms with Crippen LogP contribution in [0.2, 0.25) is 0 Å². The van der Waals surface area contributed by atoms with E-state index in [1.54, 1.807) is 4.31 Å². The molecule has 112 valence electrons. The van der Waals surface area contributed by atoms with Crippen molar-refractivity contribution < 1.29 is 12.8 Å². The van der Waals surface area contributed by atoms with Crippen LogP contribution in [0.4, 0.5) is 0 Å². The van der Waals surface area contributed by atoms with Crippen LogP contribution in [0, 0.1) is 11.8 Å². The van der Waals surface area contributed by atoms with E-state index in [0.717, 1.165) is 25.7 Å². The molecule has 2 aliphatic rings. The second-order valence-corrected chi connectivity index (χ2v) is 8.39. The van der Waals surface area contributed by atoms with Crippen LogP contribution in [0.5, 0.6) is 0 Å². The highest BCUT2D eigenvalue weighted by molar-refractivity contribution is 9.10. The van der Waals surface area contributed by atoms with Gasteiger partial charge in [0.25, 0.3) is 0 Å². The highest BCUT2D eigenvalue weighted by atomic mass is 79.9. The first-order valence-corrected chi connectivity index (χ1v) is 9.22. The number of furan rings is 1. The van der Waals surface area contributed by atoms with Gasteiger partial charge in [-0.15, -0.1) is 0 Å². The maximum absolute atomic E-state index is 12.8. The van der Waals surface area contributed by atoms with Crippen LogP contribution in [0.1, 0.15) is 31.4 Å². The summed E-state index contributed by atoms with van der Waals surface area (Å²) in [5, 5.41) is 0. The summed E-state index contributed by atoms with van der Waals surface area (Å²) < 4.78 is 32.8. The van der Waals surface area contributed by atoms with E-state index >= 15 is 0 Å². The molecule has 3 rings (SSSR count). The van der Waals surface area contributed by atoms with E-state index in [0.29, 0.717) is 30.7 Å². The molecule has 0 amide bonds. The van der Waals surface area contributed by atoms with Gasteiger partial charge < -0.3 is 10.2 Å². The number of hydrogen-bond donors (Lipinski definition) is 1. The van der Waals surface area contributed by atoms with Gasteiger partial charge >= 0.3 is 0 Å². The standard InChI is InChI=1S/C13H19BrN2O3S/c14-13-12(5-11(6-15)19-13)20(17,18)16(7-9-1-2-9)8-10-3-4-10/h5,9-10H,1-4,6-8,15H2. The summed E-state index contributed by atoms with van der Waals surface area (Å²) in [5.41, 5.74) is 5.51. The molecular formula is C13H19BrN2O3S. The number of halogens is 1. The number of sulfonamides is 1. The van der Waals surface area contributed by atoms with Crippen molar-refractivity contribution in [3.8, 4) is 0 Å².